The number of hydrogen-bond donors (Lipinski definition) is 0. The fraction of sp³-hybridized carbons (Fsp3) is 0. The van der Waals surface area contributed by atoms with E-state index in [0.29, 0.717) is 0 Å². The molecule has 4 aromatic rings. The zero-order chi connectivity index (χ0) is 18.6. The molecule has 0 saturated heterocycles. The highest BCUT2D eigenvalue weighted by atomic mass is 35.7. The first-order chi connectivity index (χ1) is 12.4. The maximum absolute atomic E-state index is 8.49. The SMILES string of the molecule is C(=C\c1cc[n+]2ccc3ccsc3c2c1)/c1ccccc1.[O-][Cl+3]([O-])([O-])[O-]. The van der Waals surface area contributed by atoms with E-state index in [4.69, 9.17) is 18.6 Å². The summed E-state index contributed by atoms with van der Waals surface area (Å²) in [7, 11) is -4.94. The molecule has 0 aliphatic rings. The number of aromatic nitrogens is 1. The summed E-state index contributed by atoms with van der Waals surface area (Å²) >= 11 is 1.80. The lowest BCUT2D eigenvalue weighted by Crippen LogP contribution is -2.68. The van der Waals surface area contributed by atoms with Crippen LogP contribution in [0.1, 0.15) is 11.1 Å². The Morgan fingerprint density at radius 1 is 0.808 bits per heavy atom. The predicted octanol–water partition coefficient (Wildman–Crippen LogP) is 0.0544. The van der Waals surface area contributed by atoms with Crippen LogP contribution in [0.2, 0.25) is 0 Å². The Kier molecular flexibility index (Phi) is 5.63. The van der Waals surface area contributed by atoms with Crippen molar-refractivity contribution in [3.63, 3.8) is 0 Å². The minimum Gasteiger partial charge on any atom is -0.222 e. The first-order valence-electron chi connectivity index (χ1n) is 7.56. The van der Waals surface area contributed by atoms with Crippen LogP contribution < -0.4 is 23.0 Å². The molecule has 132 valence electrons. The van der Waals surface area contributed by atoms with Crippen molar-refractivity contribution in [2.45, 2.75) is 0 Å². The van der Waals surface area contributed by atoms with E-state index in [-0.39, 0.29) is 0 Å². The molecule has 0 radical (unpaired) electrons. The highest BCUT2D eigenvalue weighted by Crippen LogP contribution is 2.23. The highest BCUT2D eigenvalue weighted by molar-refractivity contribution is 7.18. The van der Waals surface area contributed by atoms with E-state index >= 15 is 0 Å². The summed E-state index contributed by atoms with van der Waals surface area (Å²) < 4.78 is 37.5. The van der Waals surface area contributed by atoms with Crippen LogP contribution in [0.5, 0.6) is 0 Å². The molecule has 3 aromatic heterocycles. The third kappa shape index (κ3) is 5.09. The van der Waals surface area contributed by atoms with Gasteiger partial charge in [0.1, 0.15) is 4.70 Å². The van der Waals surface area contributed by atoms with E-state index in [1.54, 1.807) is 11.3 Å². The van der Waals surface area contributed by atoms with E-state index in [1.165, 1.54) is 26.7 Å². The van der Waals surface area contributed by atoms with Crippen LogP contribution >= 0.6 is 11.3 Å². The minimum absolute atomic E-state index is 1.22. The standard InChI is InChI=1S/C19H14NS.ClHO4/c1-2-4-15(5-3-1)6-7-16-8-11-20-12-9-17-10-13-21-19(17)18(20)14-16;2-1(3,4)5/h1-14H;(H,2,3,4,5)/q+1;/p-1/b7-6+;. The van der Waals surface area contributed by atoms with Gasteiger partial charge in [0.15, 0.2) is 12.4 Å². The van der Waals surface area contributed by atoms with Crippen molar-refractivity contribution in [2.24, 2.45) is 0 Å². The maximum Gasteiger partial charge on any atom is 0.229 e. The molecule has 0 N–H and O–H groups in total. The number of rotatable bonds is 2. The van der Waals surface area contributed by atoms with Crippen molar-refractivity contribution >= 4 is 39.1 Å². The summed E-state index contributed by atoms with van der Waals surface area (Å²) in [5, 5.41) is 3.46. The smallest absolute Gasteiger partial charge is 0.222 e. The van der Waals surface area contributed by atoms with Gasteiger partial charge < -0.3 is 0 Å². The molecule has 0 unspecified atom stereocenters. The topological polar surface area (TPSA) is 96.3 Å². The molecule has 26 heavy (non-hydrogen) atoms. The average Bonchev–Trinajstić information content (AvgIpc) is 3.08. The average molecular weight is 388 g/mol. The van der Waals surface area contributed by atoms with Crippen LogP contribution in [-0.2, 0) is 0 Å². The molecule has 4 rings (SSSR count). The van der Waals surface area contributed by atoms with E-state index in [2.05, 4.69) is 82.9 Å². The number of fused-ring (bicyclic) bond motifs is 3. The van der Waals surface area contributed by atoms with Crippen molar-refractivity contribution in [1.82, 2.24) is 0 Å². The Bertz CT molecular complexity index is 1040. The molecular weight excluding hydrogens is 374 g/mol. The molecule has 5 nitrogen and oxygen atoms in total. The summed E-state index contributed by atoms with van der Waals surface area (Å²) in [5.41, 5.74) is 3.71. The van der Waals surface area contributed by atoms with Gasteiger partial charge in [0.05, 0.1) is 0 Å². The molecule has 7 heteroatoms. The molecular formula is C19H14ClNO4S. The Labute approximate surface area is 156 Å². The Morgan fingerprint density at radius 3 is 2.19 bits per heavy atom. The van der Waals surface area contributed by atoms with Crippen LogP contribution in [0.4, 0.5) is 0 Å². The van der Waals surface area contributed by atoms with E-state index in [9.17, 15) is 0 Å². The van der Waals surface area contributed by atoms with Gasteiger partial charge in [-0.2, -0.15) is 4.40 Å². The Balaban J connectivity index is 0.000000349. The number of benzene rings is 1. The summed E-state index contributed by atoms with van der Waals surface area (Å²) in [5.74, 6) is 0. The number of thiophene rings is 1. The molecule has 0 spiro atoms. The van der Waals surface area contributed by atoms with E-state index in [0.717, 1.165) is 0 Å². The van der Waals surface area contributed by atoms with Crippen LogP contribution in [-0.4, -0.2) is 0 Å². The van der Waals surface area contributed by atoms with Crippen LogP contribution in [0.25, 0.3) is 27.8 Å². The van der Waals surface area contributed by atoms with Crippen molar-refractivity contribution < 1.29 is 33.3 Å². The monoisotopic (exact) mass is 387 g/mol. The lowest BCUT2D eigenvalue weighted by Gasteiger charge is -2.17. The number of nitrogens with zero attached hydrogens (tertiary/aromatic N) is 1. The molecule has 1 aromatic carbocycles. The van der Waals surface area contributed by atoms with Crippen molar-refractivity contribution in [3.05, 3.63) is 83.5 Å². The lowest BCUT2D eigenvalue weighted by atomic mass is 10.1. The Morgan fingerprint density at radius 2 is 1.46 bits per heavy atom. The molecule has 0 atom stereocenters. The fourth-order valence-corrected chi connectivity index (χ4v) is 3.43. The van der Waals surface area contributed by atoms with Gasteiger partial charge in [0, 0.05) is 23.6 Å². The van der Waals surface area contributed by atoms with Gasteiger partial charge in [0.2, 0.25) is 5.52 Å². The van der Waals surface area contributed by atoms with Crippen LogP contribution in [0.3, 0.4) is 0 Å². The molecule has 0 amide bonds. The fourth-order valence-electron chi connectivity index (χ4n) is 2.52. The van der Waals surface area contributed by atoms with E-state index < -0.39 is 10.2 Å². The predicted molar refractivity (Wildman–Crippen MR) is 90.4 cm³/mol. The third-order valence-electron chi connectivity index (χ3n) is 3.62. The van der Waals surface area contributed by atoms with Gasteiger partial charge in [-0.15, -0.1) is 21.6 Å². The largest absolute Gasteiger partial charge is 0.229 e. The van der Waals surface area contributed by atoms with Gasteiger partial charge >= 0.3 is 0 Å². The van der Waals surface area contributed by atoms with Gasteiger partial charge in [-0.1, -0.05) is 42.5 Å². The number of hydrogen-bond acceptors (Lipinski definition) is 5. The second-order valence-electron chi connectivity index (χ2n) is 5.40. The quantitative estimate of drug-likeness (QED) is 0.454. The maximum atomic E-state index is 8.49. The van der Waals surface area contributed by atoms with Crippen molar-refractivity contribution in [1.29, 1.82) is 0 Å². The summed E-state index contributed by atoms with van der Waals surface area (Å²) in [6.45, 7) is 0. The van der Waals surface area contributed by atoms with Gasteiger partial charge in [-0.3, -0.25) is 0 Å². The van der Waals surface area contributed by atoms with E-state index in [1.807, 2.05) is 6.07 Å². The normalized spacial score (nSPS) is 11.7. The third-order valence-corrected chi connectivity index (χ3v) is 4.57. The van der Waals surface area contributed by atoms with Crippen LogP contribution in [0.15, 0.2) is 72.4 Å². The molecule has 0 aliphatic carbocycles. The van der Waals surface area contributed by atoms with Gasteiger partial charge in [-0.05, 0) is 22.6 Å². The molecule has 0 fully saturated rings. The molecule has 3 heterocycles. The summed E-state index contributed by atoms with van der Waals surface area (Å²) in [4.78, 5) is 0. The van der Waals surface area contributed by atoms with Crippen LogP contribution in [0, 0.1) is 10.2 Å². The molecule has 0 bridgehead atoms. The Hall–Kier alpha value is -2.32. The molecule has 0 aliphatic heterocycles. The minimum atomic E-state index is -4.94. The zero-order valence-corrected chi connectivity index (χ0v) is 15.0. The highest BCUT2D eigenvalue weighted by Gasteiger charge is 2.08. The second-order valence-corrected chi connectivity index (χ2v) is 7.07. The van der Waals surface area contributed by atoms with Gasteiger partial charge in [0.25, 0.3) is 0 Å². The number of pyridine rings is 2. The summed E-state index contributed by atoms with van der Waals surface area (Å²) in [6, 6.07) is 19.1. The second kappa shape index (κ2) is 7.92. The van der Waals surface area contributed by atoms with Crippen molar-refractivity contribution in [2.75, 3.05) is 0 Å². The summed E-state index contributed by atoms with van der Waals surface area (Å²) in [6.07, 6.45) is 8.57. The van der Waals surface area contributed by atoms with Gasteiger partial charge in [-0.25, -0.2) is 18.6 Å². The lowest BCUT2D eigenvalue weighted by molar-refractivity contribution is -2.00. The first kappa shape index (κ1) is 18.5. The van der Waals surface area contributed by atoms with Crippen molar-refractivity contribution in [3.8, 4) is 0 Å². The first-order valence-corrected chi connectivity index (χ1v) is 9.68. The zero-order valence-electron chi connectivity index (χ0n) is 13.4. The number of halogens is 1. The molecule has 0 saturated carbocycles.